The summed E-state index contributed by atoms with van der Waals surface area (Å²) < 4.78 is 5.33. The van der Waals surface area contributed by atoms with E-state index < -0.39 is 0 Å². The number of ether oxygens (including phenoxy) is 1. The van der Waals surface area contributed by atoms with E-state index in [2.05, 4.69) is 5.32 Å². The molecule has 2 rings (SSSR count). The zero-order valence-corrected chi connectivity index (χ0v) is 9.13. The van der Waals surface area contributed by atoms with Crippen molar-refractivity contribution in [1.29, 1.82) is 0 Å². The second-order valence-electron chi connectivity index (χ2n) is 4.34. The van der Waals surface area contributed by atoms with Crippen LogP contribution in [0.25, 0.3) is 0 Å². The van der Waals surface area contributed by atoms with Gasteiger partial charge in [-0.2, -0.15) is 0 Å². The molecule has 84 valence electrons. The lowest BCUT2D eigenvalue weighted by atomic mass is 10.2. The van der Waals surface area contributed by atoms with Crippen LogP contribution in [0.15, 0.2) is 11.8 Å². The van der Waals surface area contributed by atoms with Crippen LogP contribution in [0.1, 0.15) is 38.5 Å². The van der Waals surface area contributed by atoms with Gasteiger partial charge in [-0.1, -0.05) is 12.8 Å². The Balaban J connectivity index is 1.73. The second-order valence-corrected chi connectivity index (χ2v) is 4.34. The van der Waals surface area contributed by atoms with Gasteiger partial charge in [0, 0.05) is 6.04 Å². The number of carbonyl (C=O) groups is 1. The number of ketones is 1. The molecule has 0 bridgehead atoms. The molecule has 0 amide bonds. The molecule has 3 nitrogen and oxygen atoms in total. The van der Waals surface area contributed by atoms with Gasteiger partial charge >= 0.3 is 0 Å². The van der Waals surface area contributed by atoms with Gasteiger partial charge < -0.3 is 10.1 Å². The van der Waals surface area contributed by atoms with Gasteiger partial charge in [-0.05, 0) is 31.8 Å². The first-order chi connectivity index (χ1) is 7.36. The van der Waals surface area contributed by atoms with Crippen LogP contribution < -0.4 is 5.32 Å². The fourth-order valence-electron chi connectivity index (χ4n) is 2.21. The van der Waals surface area contributed by atoms with Gasteiger partial charge in [0.25, 0.3) is 0 Å². The number of hydrogen-bond acceptors (Lipinski definition) is 3. The van der Waals surface area contributed by atoms with Crippen molar-refractivity contribution in [2.45, 2.75) is 44.6 Å². The van der Waals surface area contributed by atoms with Crippen LogP contribution in [0.2, 0.25) is 0 Å². The predicted octanol–water partition coefficient (Wildman–Crippen LogP) is 1.78. The molecule has 1 N–H and O–H groups in total. The van der Waals surface area contributed by atoms with Gasteiger partial charge in [-0.25, -0.2) is 0 Å². The van der Waals surface area contributed by atoms with Gasteiger partial charge in [0.15, 0.2) is 5.76 Å². The van der Waals surface area contributed by atoms with Crippen molar-refractivity contribution in [3.05, 3.63) is 11.8 Å². The molecule has 3 heteroatoms. The SMILES string of the molecule is O=C(CNC1CCCC1)C1=CCCCO1. The molecular weight excluding hydrogens is 190 g/mol. The van der Waals surface area contributed by atoms with Crippen molar-refractivity contribution in [2.24, 2.45) is 0 Å². The molecule has 0 unspecified atom stereocenters. The number of carbonyl (C=O) groups excluding carboxylic acids is 1. The fourth-order valence-corrected chi connectivity index (χ4v) is 2.21. The molecule has 0 spiro atoms. The van der Waals surface area contributed by atoms with Crippen LogP contribution in [0.4, 0.5) is 0 Å². The van der Waals surface area contributed by atoms with Crippen molar-refractivity contribution >= 4 is 5.78 Å². The maximum Gasteiger partial charge on any atom is 0.210 e. The average molecular weight is 209 g/mol. The molecule has 0 atom stereocenters. The Kier molecular flexibility index (Phi) is 3.78. The Hall–Kier alpha value is -0.830. The van der Waals surface area contributed by atoms with Crippen LogP contribution in [0, 0.1) is 0 Å². The normalized spacial score (nSPS) is 22.3. The van der Waals surface area contributed by atoms with Crippen LogP contribution in [-0.4, -0.2) is 25.0 Å². The largest absolute Gasteiger partial charge is 0.490 e. The zero-order chi connectivity index (χ0) is 10.5. The molecular formula is C12H19NO2. The van der Waals surface area contributed by atoms with Gasteiger partial charge in [0.2, 0.25) is 5.78 Å². The highest BCUT2D eigenvalue weighted by Crippen LogP contribution is 2.17. The molecule has 1 fully saturated rings. The fraction of sp³-hybridized carbons (Fsp3) is 0.750. The van der Waals surface area contributed by atoms with Gasteiger partial charge in [-0.3, -0.25) is 4.79 Å². The third-order valence-corrected chi connectivity index (χ3v) is 3.12. The van der Waals surface area contributed by atoms with E-state index in [0.29, 0.717) is 25.0 Å². The summed E-state index contributed by atoms with van der Waals surface area (Å²) in [6, 6.07) is 0.554. The summed E-state index contributed by atoms with van der Waals surface area (Å²) in [5.41, 5.74) is 0. The standard InChI is InChI=1S/C12H19NO2/c14-11(12-7-3-4-8-15-12)9-13-10-5-1-2-6-10/h7,10,13H,1-6,8-9H2. The Labute approximate surface area is 90.9 Å². The lowest BCUT2D eigenvalue weighted by Crippen LogP contribution is -2.32. The highest BCUT2D eigenvalue weighted by atomic mass is 16.5. The lowest BCUT2D eigenvalue weighted by Gasteiger charge is -2.15. The summed E-state index contributed by atoms with van der Waals surface area (Å²) in [6.07, 6.45) is 8.95. The Bertz CT molecular complexity index is 254. The van der Waals surface area contributed by atoms with Crippen molar-refractivity contribution in [3.63, 3.8) is 0 Å². The van der Waals surface area contributed by atoms with Crippen LogP contribution >= 0.6 is 0 Å². The van der Waals surface area contributed by atoms with E-state index in [1.54, 1.807) is 0 Å². The summed E-state index contributed by atoms with van der Waals surface area (Å²) in [5.74, 6) is 0.688. The average Bonchev–Trinajstić information content (AvgIpc) is 2.80. The maximum absolute atomic E-state index is 11.7. The minimum Gasteiger partial charge on any atom is -0.490 e. The molecule has 1 aliphatic heterocycles. The minimum absolute atomic E-state index is 0.113. The van der Waals surface area contributed by atoms with E-state index in [9.17, 15) is 4.79 Å². The Morgan fingerprint density at radius 1 is 1.40 bits per heavy atom. The van der Waals surface area contributed by atoms with Crippen LogP contribution in [0.3, 0.4) is 0 Å². The first-order valence-corrected chi connectivity index (χ1v) is 5.96. The summed E-state index contributed by atoms with van der Waals surface area (Å²) in [6.45, 7) is 1.14. The van der Waals surface area contributed by atoms with Crippen molar-refractivity contribution < 1.29 is 9.53 Å². The quantitative estimate of drug-likeness (QED) is 0.767. The Morgan fingerprint density at radius 3 is 2.87 bits per heavy atom. The Morgan fingerprint density at radius 2 is 2.20 bits per heavy atom. The monoisotopic (exact) mass is 209 g/mol. The summed E-state index contributed by atoms with van der Waals surface area (Å²) in [4.78, 5) is 11.7. The van der Waals surface area contributed by atoms with Crippen LogP contribution in [-0.2, 0) is 9.53 Å². The number of Topliss-reactive ketones (excluding diaryl/α,β-unsaturated/α-hetero) is 1. The van der Waals surface area contributed by atoms with E-state index in [1.807, 2.05) is 6.08 Å². The summed E-state index contributed by atoms with van der Waals surface area (Å²) in [5, 5.41) is 3.31. The molecule has 1 aliphatic carbocycles. The number of hydrogen-bond donors (Lipinski definition) is 1. The minimum atomic E-state index is 0.113. The van der Waals surface area contributed by atoms with Gasteiger partial charge in [0.05, 0.1) is 13.2 Å². The summed E-state index contributed by atoms with van der Waals surface area (Å²) >= 11 is 0. The van der Waals surface area contributed by atoms with E-state index >= 15 is 0 Å². The summed E-state index contributed by atoms with van der Waals surface area (Å²) in [7, 11) is 0. The van der Waals surface area contributed by atoms with Crippen molar-refractivity contribution in [2.75, 3.05) is 13.2 Å². The third-order valence-electron chi connectivity index (χ3n) is 3.12. The molecule has 0 radical (unpaired) electrons. The number of allylic oxidation sites excluding steroid dienone is 1. The highest BCUT2D eigenvalue weighted by Gasteiger charge is 2.18. The van der Waals surface area contributed by atoms with E-state index in [1.165, 1.54) is 25.7 Å². The molecule has 1 heterocycles. The van der Waals surface area contributed by atoms with E-state index in [0.717, 1.165) is 12.8 Å². The smallest absolute Gasteiger partial charge is 0.210 e. The molecule has 0 aromatic heterocycles. The molecule has 0 aromatic rings. The first kappa shape index (κ1) is 10.7. The van der Waals surface area contributed by atoms with Crippen molar-refractivity contribution in [1.82, 2.24) is 5.32 Å². The molecule has 2 aliphatic rings. The third kappa shape index (κ3) is 3.06. The maximum atomic E-state index is 11.7. The van der Waals surface area contributed by atoms with E-state index in [-0.39, 0.29) is 5.78 Å². The highest BCUT2D eigenvalue weighted by molar-refractivity contribution is 5.95. The van der Waals surface area contributed by atoms with Gasteiger partial charge in [0.1, 0.15) is 0 Å². The molecule has 1 saturated carbocycles. The number of nitrogens with one attached hydrogen (secondary N) is 1. The zero-order valence-electron chi connectivity index (χ0n) is 9.13. The topological polar surface area (TPSA) is 38.3 Å². The molecule has 15 heavy (non-hydrogen) atoms. The van der Waals surface area contributed by atoms with Gasteiger partial charge in [-0.15, -0.1) is 0 Å². The first-order valence-electron chi connectivity index (χ1n) is 5.96. The van der Waals surface area contributed by atoms with Crippen LogP contribution in [0.5, 0.6) is 0 Å². The number of rotatable bonds is 4. The molecule has 0 saturated heterocycles. The lowest BCUT2D eigenvalue weighted by molar-refractivity contribution is -0.118. The molecule has 0 aromatic carbocycles. The van der Waals surface area contributed by atoms with Crippen molar-refractivity contribution in [3.8, 4) is 0 Å². The predicted molar refractivity (Wildman–Crippen MR) is 58.5 cm³/mol. The second kappa shape index (κ2) is 5.31. The van der Waals surface area contributed by atoms with E-state index in [4.69, 9.17) is 4.74 Å².